The minimum Gasteiger partial charge on any atom is -0.477 e. The smallest absolute Gasteiger partial charge is 0.352 e. The second-order valence-corrected chi connectivity index (χ2v) is 5.62. The molecule has 3 heterocycles. The number of aryl methyl sites for hydroxylation is 1. The first-order valence-electron chi connectivity index (χ1n) is 7.41. The number of aromatic nitrogens is 2. The molecule has 0 bridgehead atoms. The third-order valence-electron chi connectivity index (χ3n) is 3.95. The number of pyridine rings is 1. The maximum absolute atomic E-state index is 13.8. The van der Waals surface area contributed by atoms with Crippen LogP contribution in [0.3, 0.4) is 0 Å². The summed E-state index contributed by atoms with van der Waals surface area (Å²) in [6.45, 7) is 2.51. The van der Waals surface area contributed by atoms with Gasteiger partial charge in [0.2, 0.25) is 0 Å². The van der Waals surface area contributed by atoms with E-state index in [-0.39, 0.29) is 18.3 Å². The Morgan fingerprint density at radius 1 is 1.52 bits per heavy atom. The highest BCUT2D eigenvalue weighted by Gasteiger charge is 2.25. The van der Waals surface area contributed by atoms with E-state index < -0.39 is 12.1 Å². The zero-order valence-electron chi connectivity index (χ0n) is 12.7. The average molecular weight is 319 g/mol. The molecule has 6 nitrogen and oxygen atoms in total. The summed E-state index contributed by atoms with van der Waals surface area (Å²) in [6.07, 6.45) is 2.85. The largest absolute Gasteiger partial charge is 0.477 e. The van der Waals surface area contributed by atoms with Crippen LogP contribution < -0.4 is 5.32 Å². The number of ether oxygens (including phenoxy) is 1. The van der Waals surface area contributed by atoms with Gasteiger partial charge in [0.25, 0.3) is 0 Å². The lowest BCUT2D eigenvalue weighted by molar-refractivity contribution is 0.0285. The summed E-state index contributed by atoms with van der Waals surface area (Å²) in [6, 6.07) is 3.06. The Kier molecular flexibility index (Phi) is 4.29. The molecule has 2 aromatic rings. The van der Waals surface area contributed by atoms with Crippen molar-refractivity contribution in [2.45, 2.75) is 25.6 Å². The molecule has 0 amide bonds. The molecule has 0 aromatic carbocycles. The predicted molar refractivity (Wildman–Crippen MR) is 83.5 cm³/mol. The van der Waals surface area contributed by atoms with Crippen molar-refractivity contribution in [1.29, 1.82) is 0 Å². The number of nitrogens with one attached hydrogen (secondary N) is 2. The van der Waals surface area contributed by atoms with Crippen LogP contribution in [0.4, 0.5) is 10.2 Å². The van der Waals surface area contributed by atoms with Gasteiger partial charge in [0, 0.05) is 24.6 Å². The van der Waals surface area contributed by atoms with E-state index in [0.717, 1.165) is 16.7 Å². The molecule has 2 atom stereocenters. The first-order chi connectivity index (χ1) is 11.0. The summed E-state index contributed by atoms with van der Waals surface area (Å²) in [5, 5.41) is 12.1. The van der Waals surface area contributed by atoms with E-state index in [2.05, 4.69) is 15.3 Å². The standard InChI is InChI=1S/C16H18FN3O3/c1-9-6-19-15(20-13-2-3-23-8-12(13)17)5-11(9)10-4-14(16(21)22)18-7-10/h4-7,12-13,18H,2-3,8H2,1H3,(H,19,20)(H,21,22)/t12-,13+/m1/s1. The lowest BCUT2D eigenvalue weighted by atomic mass is 10.0. The van der Waals surface area contributed by atoms with Crippen LogP contribution in [-0.2, 0) is 4.74 Å². The summed E-state index contributed by atoms with van der Waals surface area (Å²) in [5.41, 5.74) is 2.65. The Balaban J connectivity index is 1.85. The molecule has 0 radical (unpaired) electrons. The molecule has 23 heavy (non-hydrogen) atoms. The van der Waals surface area contributed by atoms with Crippen molar-refractivity contribution in [3.63, 3.8) is 0 Å². The van der Waals surface area contributed by atoms with Crippen molar-refractivity contribution >= 4 is 11.8 Å². The van der Waals surface area contributed by atoms with Crippen LogP contribution in [0, 0.1) is 6.92 Å². The fraction of sp³-hybridized carbons (Fsp3) is 0.375. The Bertz CT molecular complexity index is 716. The van der Waals surface area contributed by atoms with Crippen molar-refractivity contribution in [3.8, 4) is 11.1 Å². The van der Waals surface area contributed by atoms with Crippen LogP contribution in [0.5, 0.6) is 0 Å². The molecule has 0 saturated carbocycles. The zero-order valence-corrected chi connectivity index (χ0v) is 12.7. The van der Waals surface area contributed by atoms with Crippen LogP contribution in [0.1, 0.15) is 22.5 Å². The Morgan fingerprint density at radius 3 is 3.04 bits per heavy atom. The number of carbonyl (C=O) groups is 1. The second-order valence-electron chi connectivity index (χ2n) is 5.62. The fourth-order valence-corrected chi connectivity index (χ4v) is 2.64. The maximum atomic E-state index is 13.8. The molecule has 122 valence electrons. The number of carboxylic acid groups (broad SMARTS) is 1. The lowest BCUT2D eigenvalue weighted by Crippen LogP contribution is -2.39. The zero-order chi connectivity index (χ0) is 16.4. The number of anilines is 1. The van der Waals surface area contributed by atoms with Gasteiger partial charge in [-0.2, -0.15) is 0 Å². The lowest BCUT2D eigenvalue weighted by Gasteiger charge is -2.27. The molecular formula is C16H18FN3O3. The topological polar surface area (TPSA) is 87.2 Å². The number of halogens is 1. The van der Waals surface area contributed by atoms with Crippen molar-refractivity contribution in [2.75, 3.05) is 18.5 Å². The highest BCUT2D eigenvalue weighted by Crippen LogP contribution is 2.27. The van der Waals surface area contributed by atoms with Crippen LogP contribution >= 0.6 is 0 Å². The molecule has 0 spiro atoms. The Hall–Kier alpha value is -2.41. The van der Waals surface area contributed by atoms with Gasteiger partial charge >= 0.3 is 5.97 Å². The summed E-state index contributed by atoms with van der Waals surface area (Å²) in [7, 11) is 0. The molecular weight excluding hydrogens is 301 g/mol. The van der Waals surface area contributed by atoms with Crippen LogP contribution in [-0.4, -0.2) is 46.5 Å². The monoisotopic (exact) mass is 319 g/mol. The van der Waals surface area contributed by atoms with Gasteiger partial charge in [-0.05, 0) is 36.6 Å². The molecule has 1 aliphatic rings. The highest BCUT2D eigenvalue weighted by atomic mass is 19.1. The molecule has 2 aromatic heterocycles. The first-order valence-corrected chi connectivity index (χ1v) is 7.41. The Labute approximate surface area is 132 Å². The van der Waals surface area contributed by atoms with Gasteiger partial charge in [0.15, 0.2) is 0 Å². The molecule has 1 fully saturated rings. The molecule has 1 aliphatic heterocycles. The number of hydrogen-bond donors (Lipinski definition) is 3. The van der Waals surface area contributed by atoms with E-state index in [1.807, 2.05) is 13.0 Å². The van der Waals surface area contributed by atoms with Gasteiger partial charge in [-0.15, -0.1) is 0 Å². The number of hydrogen-bond acceptors (Lipinski definition) is 4. The summed E-state index contributed by atoms with van der Waals surface area (Å²) >= 11 is 0. The minimum atomic E-state index is -1.07. The predicted octanol–water partition coefficient (Wildman–Crippen LogP) is 2.62. The molecule has 3 rings (SSSR count). The number of rotatable bonds is 4. The van der Waals surface area contributed by atoms with Crippen LogP contribution in [0.2, 0.25) is 0 Å². The maximum Gasteiger partial charge on any atom is 0.352 e. The molecule has 0 unspecified atom stereocenters. The van der Waals surface area contributed by atoms with Crippen molar-refractivity contribution in [3.05, 3.63) is 35.8 Å². The van der Waals surface area contributed by atoms with Crippen molar-refractivity contribution in [2.24, 2.45) is 0 Å². The number of alkyl halides is 1. The van der Waals surface area contributed by atoms with Crippen LogP contribution in [0.15, 0.2) is 24.5 Å². The first kappa shape index (κ1) is 15.5. The van der Waals surface area contributed by atoms with E-state index in [0.29, 0.717) is 18.8 Å². The van der Waals surface area contributed by atoms with E-state index in [1.165, 1.54) is 0 Å². The van der Waals surface area contributed by atoms with Gasteiger partial charge in [0.1, 0.15) is 17.7 Å². The highest BCUT2D eigenvalue weighted by molar-refractivity contribution is 5.88. The van der Waals surface area contributed by atoms with Crippen molar-refractivity contribution < 1.29 is 19.0 Å². The van der Waals surface area contributed by atoms with Gasteiger partial charge < -0.3 is 20.1 Å². The third kappa shape index (κ3) is 3.34. The molecule has 3 N–H and O–H groups in total. The average Bonchev–Trinajstić information content (AvgIpc) is 3.01. The number of carboxylic acids is 1. The molecule has 0 aliphatic carbocycles. The second kappa shape index (κ2) is 6.37. The number of aromatic amines is 1. The van der Waals surface area contributed by atoms with E-state index in [9.17, 15) is 9.18 Å². The Morgan fingerprint density at radius 2 is 2.35 bits per heavy atom. The van der Waals surface area contributed by atoms with E-state index in [4.69, 9.17) is 9.84 Å². The minimum absolute atomic E-state index is 0.0934. The normalized spacial score (nSPS) is 21.1. The van der Waals surface area contributed by atoms with Gasteiger partial charge in [-0.1, -0.05) is 0 Å². The van der Waals surface area contributed by atoms with Gasteiger partial charge in [-0.3, -0.25) is 0 Å². The molecule has 1 saturated heterocycles. The van der Waals surface area contributed by atoms with E-state index in [1.54, 1.807) is 18.5 Å². The summed E-state index contributed by atoms with van der Waals surface area (Å²) in [4.78, 5) is 18.0. The number of nitrogens with zero attached hydrogens (tertiary/aromatic N) is 1. The summed E-state index contributed by atoms with van der Waals surface area (Å²) in [5.74, 6) is -0.443. The van der Waals surface area contributed by atoms with Crippen molar-refractivity contribution in [1.82, 2.24) is 9.97 Å². The van der Waals surface area contributed by atoms with Crippen LogP contribution in [0.25, 0.3) is 11.1 Å². The number of H-pyrrole nitrogens is 1. The van der Waals surface area contributed by atoms with Gasteiger partial charge in [-0.25, -0.2) is 14.2 Å². The van der Waals surface area contributed by atoms with Gasteiger partial charge in [0.05, 0.1) is 12.6 Å². The fourth-order valence-electron chi connectivity index (χ4n) is 2.64. The summed E-state index contributed by atoms with van der Waals surface area (Å²) < 4.78 is 18.9. The molecule has 7 heteroatoms. The third-order valence-corrected chi connectivity index (χ3v) is 3.95. The quantitative estimate of drug-likeness (QED) is 0.806. The SMILES string of the molecule is Cc1cnc(N[C@H]2CCOC[C@H]2F)cc1-c1c[nH]c(C(=O)O)c1. The number of aromatic carboxylic acids is 1. The van der Waals surface area contributed by atoms with E-state index >= 15 is 0 Å².